The first kappa shape index (κ1) is 12.2. The van der Waals surface area contributed by atoms with Crippen LogP contribution in [-0.4, -0.2) is 21.5 Å². The van der Waals surface area contributed by atoms with Crippen LogP contribution in [0.5, 0.6) is 0 Å². The Labute approximate surface area is 115 Å². The molecule has 3 rings (SSSR count). The standard InChI is InChI=1S/C14H14N4S/c1-2-15-6-10-7-17-14(18-8-10)11-5-13-12(16-9-11)3-4-19-13/h3-5,7-9,15H,2,6H2,1H3. The summed E-state index contributed by atoms with van der Waals surface area (Å²) >= 11 is 1.68. The number of aromatic nitrogens is 3. The molecule has 0 aromatic carbocycles. The van der Waals surface area contributed by atoms with E-state index in [1.54, 1.807) is 11.3 Å². The molecule has 96 valence electrons. The van der Waals surface area contributed by atoms with E-state index in [4.69, 9.17) is 0 Å². The highest BCUT2D eigenvalue weighted by Gasteiger charge is 2.04. The van der Waals surface area contributed by atoms with Crippen LogP contribution in [0.4, 0.5) is 0 Å². The van der Waals surface area contributed by atoms with Crippen LogP contribution in [0.25, 0.3) is 21.6 Å². The third-order valence-corrected chi connectivity index (χ3v) is 3.70. The zero-order valence-corrected chi connectivity index (χ0v) is 11.4. The summed E-state index contributed by atoms with van der Waals surface area (Å²) < 4.78 is 1.16. The molecule has 19 heavy (non-hydrogen) atoms. The number of hydrogen-bond acceptors (Lipinski definition) is 5. The molecule has 0 aliphatic heterocycles. The van der Waals surface area contributed by atoms with Gasteiger partial charge in [-0.25, -0.2) is 9.97 Å². The van der Waals surface area contributed by atoms with Crippen molar-refractivity contribution in [2.75, 3.05) is 6.54 Å². The minimum absolute atomic E-state index is 0.725. The number of rotatable bonds is 4. The molecule has 0 unspecified atom stereocenters. The number of pyridine rings is 1. The van der Waals surface area contributed by atoms with Crippen LogP contribution in [0.3, 0.4) is 0 Å². The summed E-state index contributed by atoms with van der Waals surface area (Å²) in [5, 5.41) is 5.30. The fourth-order valence-corrected chi connectivity index (χ4v) is 2.61. The second kappa shape index (κ2) is 5.42. The normalized spacial score (nSPS) is 11.0. The highest BCUT2D eigenvalue weighted by molar-refractivity contribution is 7.17. The van der Waals surface area contributed by atoms with Crippen molar-refractivity contribution < 1.29 is 0 Å². The summed E-state index contributed by atoms with van der Waals surface area (Å²) in [6, 6.07) is 4.11. The van der Waals surface area contributed by atoms with Gasteiger partial charge in [0, 0.05) is 36.3 Å². The van der Waals surface area contributed by atoms with E-state index in [2.05, 4.69) is 33.3 Å². The second-order valence-corrected chi connectivity index (χ2v) is 5.17. The molecule has 0 saturated carbocycles. The molecule has 3 heterocycles. The number of hydrogen-bond donors (Lipinski definition) is 1. The van der Waals surface area contributed by atoms with Gasteiger partial charge in [-0.1, -0.05) is 6.92 Å². The number of nitrogens with one attached hydrogen (secondary N) is 1. The van der Waals surface area contributed by atoms with Crippen molar-refractivity contribution in [2.45, 2.75) is 13.5 Å². The quantitative estimate of drug-likeness (QED) is 0.792. The molecule has 0 atom stereocenters. The number of fused-ring (bicyclic) bond motifs is 1. The summed E-state index contributed by atoms with van der Waals surface area (Å²) in [5.74, 6) is 0.725. The van der Waals surface area contributed by atoms with E-state index in [0.29, 0.717) is 0 Å². The lowest BCUT2D eigenvalue weighted by Gasteiger charge is -2.03. The second-order valence-electron chi connectivity index (χ2n) is 4.22. The largest absolute Gasteiger partial charge is 0.313 e. The Bertz CT molecular complexity index is 675. The maximum Gasteiger partial charge on any atom is 0.160 e. The van der Waals surface area contributed by atoms with E-state index in [0.717, 1.165) is 40.3 Å². The molecule has 0 aliphatic rings. The van der Waals surface area contributed by atoms with Crippen molar-refractivity contribution in [3.05, 3.63) is 41.7 Å². The van der Waals surface area contributed by atoms with E-state index >= 15 is 0 Å². The maximum absolute atomic E-state index is 4.41. The van der Waals surface area contributed by atoms with E-state index in [9.17, 15) is 0 Å². The average Bonchev–Trinajstić information content (AvgIpc) is 2.93. The Kier molecular flexibility index (Phi) is 3.48. The first-order chi connectivity index (χ1) is 9.36. The van der Waals surface area contributed by atoms with Crippen molar-refractivity contribution in [3.8, 4) is 11.4 Å². The van der Waals surface area contributed by atoms with Crippen LogP contribution in [-0.2, 0) is 6.54 Å². The van der Waals surface area contributed by atoms with Gasteiger partial charge in [0.25, 0.3) is 0 Å². The molecule has 3 aromatic heterocycles. The first-order valence-electron chi connectivity index (χ1n) is 6.22. The fourth-order valence-electron chi connectivity index (χ4n) is 1.83. The minimum atomic E-state index is 0.725. The van der Waals surface area contributed by atoms with E-state index in [1.165, 1.54) is 0 Å². The fraction of sp³-hybridized carbons (Fsp3) is 0.214. The van der Waals surface area contributed by atoms with Gasteiger partial charge >= 0.3 is 0 Å². The number of nitrogens with zero attached hydrogens (tertiary/aromatic N) is 3. The van der Waals surface area contributed by atoms with Gasteiger partial charge < -0.3 is 5.32 Å². The van der Waals surface area contributed by atoms with Crippen LogP contribution < -0.4 is 5.32 Å². The summed E-state index contributed by atoms with van der Waals surface area (Å²) in [4.78, 5) is 13.2. The van der Waals surface area contributed by atoms with Gasteiger partial charge in [0.05, 0.1) is 10.2 Å². The highest BCUT2D eigenvalue weighted by Crippen LogP contribution is 2.23. The molecule has 5 heteroatoms. The molecular formula is C14H14N4S. The van der Waals surface area contributed by atoms with Crippen molar-refractivity contribution in [1.82, 2.24) is 20.3 Å². The first-order valence-corrected chi connectivity index (χ1v) is 7.10. The zero-order valence-electron chi connectivity index (χ0n) is 10.6. The summed E-state index contributed by atoms with van der Waals surface area (Å²) in [6.07, 6.45) is 5.56. The Morgan fingerprint density at radius 2 is 2.00 bits per heavy atom. The van der Waals surface area contributed by atoms with Gasteiger partial charge in [0.1, 0.15) is 0 Å². The van der Waals surface area contributed by atoms with E-state index in [1.807, 2.05) is 30.0 Å². The summed E-state index contributed by atoms with van der Waals surface area (Å²) in [6.45, 7) is 3.83. The summed E-state index contributed by atoms with van der Waals surface area (Å²) in [5.41, 5.74) is 3.08. The molecular weight excluding hydrogens is 256 g/mol. The van der Waals surface area contributed by atoms with E-state index < -0.39 is 0 Å². The molecule has 0 amide bonds. The van der Waals surface area contributed by atoms with Crippen molar-refractivity contribution in [2.24, 2.45) is 0 Å². The maximum atomic E-state index is 4.41. The number of thiophene rings is 1. The molecule has 0 fully saturated rings. The van der Waals surface area contributed by atoms with Gasteiger partial charge in [-0.3, -0.25) is 4.98 Å². The monoisotopic (exact) mass is 270 g/mol. The Hall–Kier alpha value is -1.85. The SMILES string of the molecule is CCNCc1cnc(-c2cnc3ccsc3c2)nc1. The van der Waals surface area contributed by atoms with Gasteiger partial charge in [0.15, 0.2) is 5.82 Å². The lowest BCUT2D eigenvalue weighted by Crippen LogP contribution is -2.12. The van der Waals surface area contributed by atoms with Gasteiger partial charge in [0.2, 0.25) is 0 Å². The van der Waals surface area contributed by atoms with Crippen LogP contribution in [0.2, 0.25) is 0 Å². The Morgan fingerprint density at radius 3 is 2.79 bits per heavy atom. The third kappa shape index (κ3) is 2.62. The Balaban J connectivity index is 1.88. The van der Waals surface area contributed by atoms with Crippen molar-refractivity contribution >= 4 is 21.6 Å². The van der Waals surface area contributed by atoms with Crippen LogP contribution in [0, 0.1) is 0 Å². The van der Waals surface area contributed by atoms with Crippen molar-refractivity contribution in [1.29, 1.82) is 0 Å². The van der Waals surface area contributed by atoms with Crippen molar-refractivity contribution in [3.63, 3.8) is 0 Å². The molecule has 0 saturated heterocycles. The van der Waals surface area contributed by atoms with Gasteiger partial charge in [-0.2, -0.15) is 0 Å². The predicted octanol–water partition coefficient (Wildman–Crippen LogP) is 2.86. The molecule has 4 nitrogen and oxygen atoms in total. The molecule has 1 N–H and O–H groups in total. The molecule has 3 aromatic rings. The molecule has 0 aliphatic carbocycles. The third-order valence-electron chi connectivity index (χ3n) is 2.85. The minimum Gasteiger partial charge on any atom is -0.313 e. The Morgan fingerprint density at radius 1 is 1.16 bits per heavy atom. The van der Waals surface area contributed by atoms with Gasteiger partial charge in [-0.15, -0.1) is 11.3 Å². The van der Waals surface area contributed by atoms with Gasteiger partial charge in [-0.05, 0) is 24.1 Å². The molecule has 0 spiro atoms. The van der Waals surface area contributed by atoms with Crippen LogP contribution in [0.15, 0.2) is 36.1 Å². The van der Waals surface area contributed by atoms with Crippen LogP contribution in [0.1, 0.15) is 12.5 Å². The zero-order chi connectivity index (χ0) is 13.1. The van der Waals surface area contributed by atoms with E-state index in [-0.39, 0.29) is 0 Å². The summed E-state index contributed by atoms with van der Waals surface area (Å²) in [7, 11) is 0. The smallest absolute Gasteiger partial charge is 0.160 e. The lowest BCUT2D eigenvalue weighted by atomic mass is 10.2. The topological polar surface area (TPSA) is 50.7 Å². The molecule has 0 bridgehead atoms. The molecule has 0 radical (unpaired) electrons. The van der Waals surface area contributed by atoms with Crippen LogP contribution >= 0.6 is 11.3 Å². The average molecular weight is 270 g/mol. The lowest BCUT2D eigenvalue weighted by molar-refractivity contribution is 0.721. The highest BCUT2D eigenvalue weighted by atomic mass is 32.1. The predicted molar refractivity (Wildman–Crippen MR) is 78.0 cm³/mol.